The Balaban J connectivity index is 1.06. The van der Waals surface area contributed by atoms with Gasteiger partial charge in [-0.05, 0) is 105 Å². The molecule has 0 amide bonds. The molecule has 0 bridgehead atoms. The Bertz CT molecular complexity index is 4600. The van der Waals surface area contributed by atoms with Crippen LogP contribution >= 0.6 is 0 Å². The number of aromatic nitrogens is 5. The van der Waals surface area contributed by atoms with Gasteiger partial charge in [0, 0.05) is 54.7 Å². The summed E-state index contributed by atoms with van der Waals surface area (Å²) in [4.78, 5) is 16.2. The lowest BCUT2D eigenvalue weighted by Crippen LogP contribution is -2.04. The van der Waals surface area contributed by atoms with E-state index in [9.17, 15) is 0 Å². The van der Waals surface area contributed by atoms with E-state index in [1.807, 2.05) is 18.2 Å². The van der Waals surface area contributed by atoms with E-state index in [1.165, 1.54) is 32.3 Å². The van der Waals surface area contributed by atoms with Crippen molar-refractivity contribution >= 4 is 97.9 Å². The summed E-state index contributed by atoms with van der Waals surface area (Å²) < 4.78 is 11.6. The van der Waals surface area contributed by atoms with Crippen molar-refractivity contribution in [3.8, 4) is 45.5 Å². The summed E-state index contributed by atoms with van der Waals surface area (Å²) in [6.07, 6.45) is 0. The van der Waals surface area contributed by atoms with Crippen LogP contribution in [0.5, 0.6) is 0 Å². The van der Waals surface area contributed by atoms with Crippen molar-refractivity contribution in [2.24, 2.45) is 0 Å². The molecule has 6 nitrogen and oxygen atoms in total. The van der Waals surface area contributed by atoms with Gasteiger partial charge in [0.2, 0.25) is 0 Å². The maximum absolute atomic E-state index is 6.86. The fourth-order valence-electron chi connectivity index (χ4n) is 11.0. The third kappa shape index (κ3) is 5.69. The van der Waals surface area contributed by atoms with Crippen LogP contribution in [0.25, 0.3) is 143 Å². The first-order valence-corrected chi connectivity index (χ1v) is 23.3. The quantitative estimate of drug-likeness (QED) is 0.173. The summed E-state index contributed by atoms with van der Waals surface area (Å²) in [5.74, 6) is 1.71. The number of nitrogens with zero attached hydrogens (tertiary/aromatic N) is 5. The molecule has 69 heavy (non-hydrogen) atoms. The molecular formula is C63H37N5O. The van der Waals surface area contributed by atoms with E-state index in [1.54, 1.807) is 0 Å². The molecule has 15 aromatic rings. The number of fused-ring (bicyclic) bond motifs is 14. The largest absolute Gasteiger partial charge is 0.456 e. The maximum atomic E-state index is 6.86. The Hall–Kier alpha value is -9.39. The number of furan rings is 1. The van der Waals surface area contributed by atoms with Gasteiger partial charge in [-0.25, -0.2) is 15.0 Å². The number of rotatable bonds is 5. The zero-order valence-electron chi connectivity index (χ0n) is 37.0. The first kappa shape index (κ1) is 37.8. The minimum absolute atomic E-state index is 0.546. The normalized spacial score (nSPS) is 12.1. The van der Waals surface area contributed by atoms with Crippen LogP contribution in [-0.4, -0.2) is 24.1 Å². The second-order valence-corrected chi connectivity index (χ2v) is 18.0. The van der Waals surface area contributed by atoms with Gasteiger partial charge >= 0.3 is 0 Å². The summed E-state index contributed by atoms with van der Waals surface area (Å²) in [6, 6.07) is 79.8. The highest BCUT2D eigenvalue weighted by atomic mass is 16.3. The summed E-state index contributed by atoms with van der Waals surface area (Å²) in [5.41, 5.74) is 10.7. The number of benzene rings is 11. The predicted octanol–water partition coefficient (Wildman–Crippen LogP) is 16.4. The number of para-hydroxylation sites is 2. The van der Waals surface area contributed by atoms with Crippen LogP contribution in [0.4, 0.5) is 0 Å². The molecule has 15 rings (SSSR count). The standard InChI is InChI=1S/C63H37N5O/c1-3-17-40(18-4-1)61-64-62(43-28-30-53-48(34-43)47-25-13-14-26-52(47)67(53)44-21-5-2-6-22-44)66-63(65-61)50-37-58-51(60-46-24-12-10-16-39(46)29-32-57(60)69-58)36-56(50)68-54-31-27-38-15-9-11-23-45(38)59(54)49-33-41-19-7-8-20-42(41)35-55(49)68/h1-37H. The summed E-state index contributed by atoms with van der Waals surface area (Å²) in [7, 11) is 0. The maximum Gasteiger partial charge on any atom is 0.166 e. The number of hydrogen-bond acceptors (Lipinski definition) is 4. The SMILES string of the molecule is c1ccc(-c2nc(-c3ccc4c(c3)c3ccccc3n4-c3ccccc3)nc(-c3cc4oc5ccc6ccccc6c5c4cc3-n3c4cc5ccccc5cc4c4c5ccccc5ccc43)n2)cc1. The fraction of sp³-hybridized carbons (Fsp3) is 0. The van der Waals surface area contributed by atoms with Crippen molar-refractivity contribution in [3.05, 3.63) is 224 Å². The van der Waals surface area contributed by atoms with Crippen LogP contribution in [-0.2, 0) is 0 Å². The highest BCUT2D eigenvalue weighted by Gasteiger charge is 2.24. The molecule has 4 aromatic heterocycles. The van der Waals surface area contributed by atoms with Gasteiger partial charge in [0.15, 0.2) is 17.5 Å². The minimum atomic E-state index is 0.546. The average Bonchev–Trinajstić information content (AvgIpc) is 4.07. The molecule has 0 unspecified atom stereocenters. The highest BCUT2D eigenvalue weighted by molar-refractivity contribution is 6.24. The van der Waals surface area contributed by atoms with Crippen LogP contribution in [0, 0.1) is 0 Å². The van der Waals surface area contributed by atoms with Crippen LogP contribution in [0.15, 0.2) is 229 Å². The van der Waals surface area contributed by atoms with Gasteiger partial charge < -0.3 is 13.6 Å². The van der Waals surface area contributed by atoms with Gasteiger partial charge in [0.05, 0.1) is 27.8 Å². The van der Waals surface area contributed by atoms with Crippen molar-refractivity contribution in [2.75, 3.05) is 0 Å². The van der Waals surface area contributed by atoms with Crippen LogP contribution in [0.3, 0.4) is 0 Å². The van der Waals surface area contributed by atoms with Gasteiger partial charge in [0.1, 0.15) is 11.2 Å². The first-order chi connectivity index (χ1) is 34.2. The van der Waals surface area contributed by atoms with Gasteiger partial charge in [0.25, 0.3) is 0 Å². The molecule has 0 atom stereocenters. The Kier molecular flexibility index (Phi) is 7.97. The summed E-state index contributed by atoms with van der Waals surface area (Å²) in [5, 5.41) is 13.8. The van der Waals surface area contributed by atoms with Crippen LogP contribution in [0.1, 0.15) is 0 Å². The molecule has 0 saturated carbocycles. The topological polar surface area (TPSA) is 61.7 Å². The molecule has 320 valence electrons. The van der Waals surface area contributed by atoms with E-state index in [0.29, 0.717) is 17.5 Å². The van der Waals surface area contributed by atoms with Crippen molar-refractivity contribution in [2.45, 2.75) is 0 Å². The molecule has 0 saturated heterocycles. The molecule has 0 aliphatic heterocycles. The monoisotopic (exact) mass is 879 g/mol. The molecule has 11 aromatic carbocycles. The molecule has 4 heterocycles. The van der Waals surface area contributed by atoms with E-state index in [2.05, 4.69) is 215 Å². The lowest BCUT2D eigenvalue weighted by molar-refractivity contribution is 0.669. The smallest absolute Gasteiger partial charge is 0.166 e. The Morgan fingerprint density at radius 2 is 0.899 bits per heavy atom. The van der Waals surface area contributed by atoms with Crippen molar-refractivity contribution in [3.63, 3.8) is 0 Å². The zero-order chi connectivity index (χ0) is 45.2. The third-order valence-corrected chi connectivity index (χ3v) is 14.1. The summed E-state index contributed by atoms with van der Waals surface area (Å²) >= 11 is 0. The van der Waals surface area contributed by atoms with Crippen molar-refractivity contribution in [1.29, 1.82) is 0 Å². The van der Waals surface area contributed by atoms with Crippen LogP contribution in [0.2, 0.25) is 0 Å². The predicted molar refractivity (Wildman–Crippen MR) is 285 cm³/mol. The minimum Gasteiger partial charge on any atom is -0.456 e. The van der Waals surface area contributed by atoms with Gasteiger partial charge in [-0.2, -0.15) is 0 Å². The third-order valence-electron chi connectivity index (χ3n) is 14.1. The van der Waals surface area contributed by atoms with E-state index in [4.69, 9.17) is 19.4 Å². The van der Waals surface area contributed by atoms with Crippen LogP contribution < -0.4 is 0 Å². The Labute approximate surface area is 394 Å². The van der Waals surface area contributed by atoms with E-state index >= 15 is 0 Å². The average molecular weight is 880 g/mol. The molecule has 6 heteroatoms. The molecular weight excluding hydrogens is 843 g/mol. The first-order valence-electron chi connectivity index (χ1n) is 23.3. The van der Waals surface area contributed by atoms with E-state index in [0.717, 1.165) is 93.6 Å². The fourth-order valence-corrected chi connectivity index (χ4v) is 11.0. The molecule has 0 aliphatic rings. The Morgan fingerprint density at radius 3 is 1.68 bits per heavy atom. The van der Waals surface area contributed by atoms with Crippen molar-refractivity contribution in [1.82, 2.24) is 24.1 Å². The summed E-state index contributed by atoms with van der Waals surface area (Å²) in [6.45, 7) is 0. The molecule has 0 aliphatic carbocycles. The highest BCUT2D eigenvalue weighted by Crippen LogP contribution is 2.45. The lowest BCUT2D eigenvalue weighted by atomic mass is 10.0. The second-order valence-electron chi connectivity index (χ2n) is 18.0. The van der Waals surface area contributed by atoms with Crippen molar-refractivity contribution < 1.29 is 4.42 Å². The zero-order valence-corrected chi connectivity index (χ0v) is 37.0. The van der Waals surface area contributed by atoms with Gasteiger partial charge in [-0.3, -0.25) is 0 Å². The molecule has 0 N–H and O–H groups in total. The second kappa shape index (κ2) is 14.6. The molecule has 0 fully saturated rings. The Morgan fingerprint density at radius 1 is 0.304 bits per heavy atom. The lowest BCUT2D eigenvalue weighted by Gasteiger charge is -2.15. The number of hydrogen-bond donors (Lipinski definition) is 0. The van der Waals surface area contributed by atoms with E-state index < -0.39 is 0 Å². The van der Waals surface area contributed by atoms with E-state index in [-0.39, 0.29) is 0 Å². The van der Waals surface area contributed by atoms with Gasteiger partial charge in [-0.1, -0.05) is 152 Å². The molecule has 0 radical (unpaired) electrons. The molecule has 0 spiro atoms. The van der Waals surface area contributed by atoms with Gasteiger partial charge in [-0.15, -0.1) is 0 Å².